The van der Waals surface area contributed by atoms with Crippen LogP contribution in [0.5, 0.6) is 0 Å². The molecular weight excluding hydrogens is 392 g/mol. The third-order valence-corrected chi connectivity index (χ3v) is 5.10. The third kappa shape index (κ3) is 4.91. The van der Waals surface area contributed by atoms with E-state index in [4.69, 9.17) is 16.1 Å². The van der Waals surface area contributed by atoms with Crippen LogP contribution < -0.4 is 10.0 Å². The Morgan fingerprint density at radius 1 is 1.19 bits per heavy atom. The van der Waals surface area contributed by atoms with Gasteiger partial charge in [-0.2, -0.15) is 4.98 Å². The van der Waals surface area contributed by atoms with Gasteiger partial charge in [0.2, 0.25) is 27.6 Å². The van der Waals surface area contributed by atoms with E-state index in [2.05, 4.69) is 20.2 Å². The summed E-state index contributed by atoms with van der Waals surface area (Å²) in [6, 6.07) is 12.7. The van der Waals surface area contributed by atoms with E-state index in [-0.39, 0.29) is 23.2 Å². The number of anilines is 1. The van der Waals surface area contributed by atoms with Gasteiger partial charge in [-0.3, -0.25) is 4.79 Å². The lowest BCUT2D eigenvalue weighted by atomic mass is 10.2. The molecule has 2 aromatic carbocycles. The highest BCUT2D eigenvalue weighted by atomic mass is 35.5. The first-order valence-corrected chi connectivity index (χ1v) is 9.65. The molecule has 0 aliphatic rings. The molecule has 2 N–H and O–H groups in total. The quantitative estimate of drug-likeness (QED) is 0.650. The molecule has 0 saturated heterocycles. The molecule has 0 aliphatic heterocycles. The summed E-state index contributed by atoms with van der Waals surface area (Å²) in [5.41, 5.74) is 1.17. The molecule has 0 radical (unpaired) electrons. The van der Waals surface area contributed by atoms with Crippen molar-refractivity contribution in [1.82, 2.24) is 14.9 Å². The maximum atomic E-state index is 12.4. The number of sulfonamides is 1. The summed E-state index contributed by atoms with van der Waals surface area (Å²) < 4.78 is 32.2. The van der Waals surface area contributed by atoms with E-state index in [1.807, 2.05) is 0 Å². The number of amides is 1. The van der Waals surface area contributed by atoms with Crippen molar-refractivity contribution >= 4 is 33.2 Å². The second-order valence-electron chi connectivity index (χ2n) is 5.55. The number of benzene rings is 2. The van der Waals surface area contributed by atoms with Gasteiger partial charge in [0.15, 0.2) is 0 Å². The molecule has 0 spiro atoms. The molecule has 0 saturated carbocycles. The molecule has 1 amide bonds. The predicted octanol–water partition coefficient (Wildman–Crippen LogP) is 2.83. The molecule has 0 unspecified atom stereocenters. The molecule has 0 bridgehead atoms. The zero-order valence-corrected chi connectivity index (χ0v) is 15.7. The van der Waals surface area contributed by atoms with Gasteiger partial charge >= 0.3 is 0 Å². The Bertz CT molecular complexity index is 1060. The van der Waals surface area contributed by atoms with Crippen LogP contribution in [0.3, 0.4) is 0 Å². The summed E-state index contributed by atoms with van der Waals surface area (Å²) in [7, 11) is -3.78. The average molecular weight is 407 g/mol. The van der Waals surface area contributed by atoms with Gasteiger partial charge in [-0.1, -0.05) is 28.9 Å². The SMILES string of the molecule is CC(=O)Nc1ccc(S(=O)(=O)NCc2nc(-c3cccc(Cl)c3)no2)cc1. The Labute approximate surface area is 160 Å². The first-order valence-electron chi connectivity index (χ1n) is 7.79. The molecule has 0 fully saturated rings. The smallest absolute Gasteiger partial charge is 0.242 e. The van der Waals surface area contributed by atoms with Gasteiger partial charge in [0.25, 0.3) is 0 Å². The van der Waals surface area contributed by atoms with E-state index in [1.165, 1.54) is 31.2 Å². The van der Waals surface area contributed by atoms with Crippen molar-refractivity contribution < 1.29 is 17.7 Å². The summed E-state index contributed by atoms with van der Waals surface area (Å²) in [6.45, 7) is 1.21. The molecule has 3 aromatic rings. The van der Waals surface area contributed by atoms with Gasteiger partial charge in [-0.25, -0.2) is 13.1 Å². The van der Waals surface area contributed by atoms with Crippen LogP contribution in [0.2, 0.25) is 5.02 Å². The topological polar surface area (TPSA) is 114 Å². The molecule has 27 heavy (non-hydrogen) atoms. The van der Waals surface area contributed by atoms with Crippen LogP contribution in [-0.4, -0.2) is 24.5 Å². The van der Waals surface area contributed by atoms with Crippen molar-refractivity contribution in [2.45, 2.75) is 18.4 Å². The molecule has 140 valence electrons. The highest BCUT2D eigenvalue weighted by molar-refractivity contribution is 7.89. The maximum Gasteiger partial charge on any atom is 0.242 e. The Morgan fingerprint density at radius 3 is 2.59 bits per heavy atom. The van der Waals surface area contributed by atoms with E-state index in [0.717, 1.165) is 0 Å². The highest BCUT2D eigenvalue weighted by Crippen LogP contribution is 2.20. The van der Waals surface area contributed by atoms with Gasteiger partial charge in [0.05, 0.1) is 11.4 Å². The summed E-state index contributed by atoms with van der Waals surface area (Å²) in [4.78, 5) is 15.2. The number of hydrogen-bond donors (Lipinski definition) is 2. The number of nitrogens with one attached hydrogen (secondary N) is 2. The Balaban J connectivity index is 1.68. The van der Waals surface area contributed by atoms with E-state index in [9.17, 15) is 13.2 Å². The van der Waals surface area contributed by atoms with Crippen LogP contribution in [0, 0.1) is 0 Å². The fourth-order valence-corrected chi connectivity index (χ4v) is 3.40. The van der Waals surface area contributed by atoms with Crippen molar-refractivity contribution in [1.29, 1.82) is 0 Å². The number of hydrogen-bond acceptors (Lipinski definition) is 6. The predicted molar refractivity (Wildman–Crippen MR) is 99.5 cm³/mol. The van der Waals surface area contributed by atoms with E-state index in [1.54, 1.807) is 24.3 Å². The standard InChI is InChI=1S/C17H15ClN4O4S/c1-11(23)20-14-5-7-15(8-6-14)27(24,25)19-10-16-21-17(22-26-16)12-3-2-4-13(18)9-12/h2-9,19H,10H2,1H3,(H,20,23). The van der Waals surface area contributed by atoms with Crippen molar-refractivity contribution in [2.75, 3.05) is 5.32 Å². The van der Waals surface area contributed by atoms with Crippen molar-refractivity contribution in [3.63, 3.8) is 0 Å². The number of carbonyl (C=O) groups excluding carboxylic acids is 1. The summed E-state index contributed by atoms with van der Waals surface area (Å²) in [5, 5.41) is 6.92. The van der Waals surface area contributed by atoms with Crippen LogP contribution in [-0.2, 0) is 21.4 Å². The summed E-state index contributed by atoms with van der Waals surface area (Å²) in [6.07, 6.45) is 0. The van der Waals surface area contributed by atoms with Gasteiger partial charge in [-0.15, -0.1) is 0 Å². The van der Waals surface area contributed by atoms with Gasteiger partial charge < -0.3 is 9.84 Å². The Hall–Kier alpha value is -2.75. The van der Waals surface area contributed by atoms with Crippen LogP contribution >= 0.6 is 11.6 Å². The van der Waals surface area contributed by atoms with E-state index < -0.39 is 10.0 Å². The number of halogens is 1. The van der Waals surface area contributed by atoms with Crippen LogP contribution in [0.25, 0.3) is 11.4 Å². The fraction of sp³-hybridized carbons (Fsp3) is 0.118. The second-order valence-corrected chi connectivity index (χ2v) is 7.76. The number of carbonyl (C=O) groups is 1. The van der Waals surface area contributed by atoms with E-state index >= 15 is 0 Å². The summed E-state index contributed by atoms with van der Waals surface area (Å²) >= 11 is 5.93. The minimum atomic E-state index is -3.78. The first kappa shape index (κ1) is 19.0. The number of aromatic nitrogens is 2. The fourth-order valence-electron chi connectivity index (χ4n) is 2.23. The first-order chi connectivity index (χ1) is 12.8. The van der Waals surface area contributed by atoms with Crippen molar-refractivity contribution in [2.24, 2.45) is 0 Å². The zero-order valence-electron chi connectivity index (χ0n) is 14.1. The molecule has 10 heteroatoms. The zero-order chi connectivity index (χ0) is 19.4. The summed E-state index contributed by atoms with van der Waals surface area (Å²) in [5.74, 6) is 0.186. The monoisotopic (exact) mass is 406 g/mol. The maximum absolute atomic E-state index is 12.4. The van der Waals surface area contributed by atoms with Crippen LogP contribution in [0.4, 0.5) is 5.69 Å². The second kappa shape index (κ2) is 7.87. The Kier molecular flexibility index (Phi) is 5.54. The number of nitrogens with zero attached hydrogens (tertiary/aromatic N) is 2. The van der Waals surface area contributed by atoms with Gasteiger partial charge in [0.1, 0.15) is 0 Å². The average Bonchev–Trinajstić information content (AvgIpc) is 3.09. The minimum Gasteiger partial charge on any atom is -0.338 e. The lowest BCUT2D eigenvalue weighted by Gasteiger charge is -2.06. The molecule has 0 aliphatic carbocycles. The molecular formula is C17H15ClN4O4S. The van der Waals surface area contributed by atoms with Gasteiger partial charge in [-0.05, 0) is 36.4 Å². The molecule has 1 aromatic heterocycles. The Morgan fingerprint density at radius 2 is 1.93 bits per heavy atom. The van der Waals surface area contributed by atoms with Crippen molar-refractivity contribution in [3.8, 4) is 11.4 Å². The minimum absolute atomic E-state index is 0.0474. The number of rotatable bonds is 6. The van der Waals surface area contributed by atoms with Crippen molar-refractivity contribution in [3.05, 3.63) is 59.4 Å². The molecule has 3 rings (SSSR count). The largest absolute Gasteiger partial charge is 0.338 e. The molecule has 8 nitrogen and oxygen atoms in total. The highest BCUT2D eigenvalue weighted by Gasteiger charge is 2.16. The molecule has 0 atom stereocenters. The van der Waals surface area contributed by atoms with Crippen LogP contribution in [0.15, 0.2) is 57.9 Å². The third-order valence-electron chi connectivity index (χ3n) is 3.45. The molecule has 1 heterocycles. The lowest BCUT2D eigenvalue weighted by molar-refractivity contribution is -0.114. The lowest BCUT2D eigenvalue weighted by Crippen LogP contribution is -2.23. The van der Waals surface area contributed by atoms with Gasteiger partial charge in [0, 0.05) is 23.2 Å². The van der Waals surface area contributed by atoms with Crippen LogP contribution in [0.1, 0.15) is 12.8 Å². The normalized spacial score (nSPS) is 11.3. The van der Waals surface area contributed by atoms with E-state index in [0.29, 0.717) is 22.1 Å².